The second kappa shape index (κ2) is 9.20. The number of esters is 1. The van der Waals surface area contributed by atoms with Gasteiger partial charge in [-0.2, -0.15) is 5.26 Å². The number of rotatable bonds is 7. The molecule has 0 bridgehead atoms. The van der Waals surface area contributed by atoms with Gasteiger partial charge in [-0.1, -0.05) is 0 Å². The smallest absolute Gasteiger partial charge is 0.328 e. The first kappa shape index (κ1) is 18.2. The molecule has 0 aliphatic heterocycles. The van der Waals surface area contributed by atoms with Crippen LogP contribution in [0.3, 0.4) is 0 Å². The van der Waals surface area contributed by atoms with Gasteiger partial charge >= 0.3 is 5.97 Å². The number of ether oxygens (including phenoxy) is 2. The molecule has 0 heterocycles. The molecule has 0 aromatic heterocycles. The number of anilines is 1. The monoisotopic (exact) mass is 317 g/mol. The molecule has 1 atom stereocenters. The molecule has 0 fully saturated rings. The number of carbonyl (C=O) groups is 2. The summed E-state index contributed by atoms with van der Waals surface area (Å²) in [7, 11) is 0. The lowest BCUT2D eigenvalue weighted by molar-refractivity contribution is -0.143. The fraction of sp³-hybridized carbons (Fsp3) is 0.375. The van der Waals surface area contributed by atoms with Crippen molar-refractivity contribution >= 4 is 29.5 Å². The average molecular weight is 317 g/mol. The highest BCUT2D eigenvalue weighted by molar-refractivity contribution is 5.94. The zero-order valence-electron chi connectivity index (χ0n) is 13.3. The summed E-state index contributed by atoms with van der Waals surface area (Å²) in [5.41, 5.74) is 0.945. The molecule has 1 aromatic rings. The predicted molar refractivity (Wildman–Crippen MR) is 85.8 cm³/mol. The number of amides is 1. The number of carbonyl (C=O) groups excluding carboxylic acids is 2. The van der Waals surface area contributed by atoms with Crippen LogP contribution < -0.4 is 10.1 Å². The number of nitriles is 1. The number of nitrogens with one attached hydrogen (secondary N) is 1. The highest BCUT2D eigenvalue weighted by Gasteiger charge is 2.16. The van der Waals surface area contributed by atoms with E-state index in [0.29, 0.717) is 23.7 Å². The molecular weight excluding hydrogens is 298 g/mol. The molecule has 1 rings (SSSR count). The largest absolute Gasteiger partial charge is 0.492 e. The van der Waals surface area contributed by atoms with Gasteiger partial charge in [0.25, 0.3) is 0 Å². The summed E-state index contributed by atoms with van der Waals surface area (Å²) >= 11 is 0. The fourth-order valence-electron chi connectivity index (χ4n) is 1.71. The van der Waals surface area contributed by atoms with Crippen molar-refractivity contribution in [2.75, 3.05) is 18.5 Å². The van der Waals surface area contributed by atoms with Crippen LogP contribution in [0.15, 0.2) is 23.2 Å². The van der Waals surface area contributed by atoms with Crippen molar-refractivity contribution in [3.63, 3.8) is 0 Å². The van der Waals surface area contributed by atoms with E-state index in [4.69, 9.17) is 14.7 Å². The summed E-state index contributed by atoms with van der Waals surface area (Å²) in [5.74, 6) is -1.45. The van der Waals surface area contributed by atoms with E-state index in [2.05, 4.69) is 10.3 Å². The lowest BCUT2D eigenvalue weighted by Crippen LogP contribution is -2.17. The third kappa shape index (κ3) is 5.79. The van der Waals surface area contributed by atoms with Crippen LogP contribution in [0.4, 0.5) is 11.4 Å². The molecule has 122 valence electrons. The molecule has 1 unspecified atom stereocenters. The van der Waals surface area contributed by atoms with Gasteiger partial charge < -0.3 is 14.8 Å². The van der Waals surface area contributed by atoms with E-state index < -0.39 is 11.9 Å². The third-order valence-electron chi connectivity index (χ3n) is 2.63. The Hall–Kier alpha value is -2.88. The molecule has 23 heavy (non-hydrogen) atoms. The highest BCUT2D eigenvalue weighted by atomic mass is 16.5. The maximum atomic E-state index is 11.5. The Bertz CT molecular complexity index is 635. The van der Waals surface area contributed by atoms with Crippen molar-refractivity contribution in [2.24, 2.45) is 10.9 Å². The van der Waals surface area contributed by atoms with E-state index in [9.17, 15) is 9.59 Å². The van der Waals surface area contributed by atoms with E-state index in [1.165, 1.54) is 13.1 Å². The predicted octanol–water partition coefficient (Wildman–Crippen LogP) is 2.45. The van der Waals surface area contributed by atoms with Crippen LogP contribution in [0.5, 0.6) is 5.75 Å². The van der Waals surface area contributed by atoms with Crippen molar-refractivity contribution in [3.05, 3.63) is 18.2 Å². The van der Waals surface area contributed by atoms with Crippen LogP contribution in [0.1, 0.15) is 20.8 Å². The molecule has 0 spiro atoms. The van der Waals surface area contributed by atoms with Crippen LogP contribution in [0, 0.1) is 17.2 Å². The molecule has 1 amide bonds. The maximum Gasteiger partial charge on any atom is 0.328 e. The van der Waals surface area contributed by atoms with Crippen molar-refractivity contribution < 1.29 is 19.1 Å². The standard InChI is InChI=1S/C16H19N3O4/c1-4-22-15-7-6-13(8-14(15)19-11(3)20)18-10-12(9-17)16(21)23-5-2/h6-8,10,12H,4-5H2,1-3H3,(H,19,20). The van der Waals surface area contributed by atoms with Crippen molar-refractivity contribution in [2.45, 2.75) is 20.8 Å². The Morgan fingerprint density at radius 1 is 1.39 bits per heavy atom. The summed E-state index contributed by atoms with van der Waals surface area (Å²) < 4.78 is 10.2. The number of hydrogen-bond donors (Lipinski definition) is 1. The Morgan fingerprint density at radius 3 is 2.70 bits per heavy atom. The van der Waals surface area contributed by atoms with E-state index in [0.717, 1.165) is 0 Å². The second-order valence-corrected chi connectivity index (χ2v) is 4.43. The van der Waals surface area contributed by atoms with Gasteiger partial charge in [0.2, 0.25) is 5.91 Å². The SMILES string of the molecule is CCOC(=O)C(C#N)C=Nc1ccc(OCC)c(NC(C)=O)c1. The van der Waals surface area contributed by atoms with Crippen LogP contribution in [0.2, 0.25) is 0 Å². The van der Waals surface area contributed by atoms with Gasteiger partial charge in [0.15, 0.2) is 5.92 Å². The minimum absolute atomic E-state index is 0.195. The Morgan fingerprint density at radius 2 is 2.13 bits per heavy atom. The van der Waals surface area contributed by atoms with Gasteiger partial charge in [-0.05, 0) is 32.0 Å². The van der Waals surface area contributed by atoms with Gasteiger partial charge in [0.05, 0.1) is 30.7 Å². The molecule has 0 saturated carbocycles. The summed E-state index contributed by atoms with van der Waals surface area (Å²) in [4.78, 5) is 26.9. The summed E-state index contributed by atoms with van der Waals surface area (Å²) in [5, 5.41) is 11.6. The number of hydrogen-bond acceptors (Lipinski definition) is 6. The normalized spacial score (nSPS) is 11.6. The summed E-state index contributed by atoms with van der Waals surface area (Å²) in [6.07, 6.45) is 1.21. The van der Waals surface area contributed by atoms with Crippen LogP contribution in [-0.2, 0) is 14.3 Å². The second-order valence-electron chi connectivity index (χ2n) is 4.43. The maximum absolute atomic E-state index is 11.5. The molecular formula is C16H19N3O4. The number of aliphatic imine (C=N–C) groups is 1. The summed E-state index contributed by atoms with van der Waals surface area (Å²) in [6, 6.07) is 6.74. The first-order chi connectivity index (χ1) is 11.0. The minimum atomic E-state index is -1.08. The molecule has 0 saturated heterocycles. The first-order valence-electron chi connectivity index (χ1n) is 7.16. The molecule has 0 radical (unpaired) electrons. The molecule has 1 N–H and O–H groups in total. The Kier molecular flexibility index (Phi) is 7.27. The van der Waals surface area contributed by atoms with Gasteiger partial charge in [-0.25, -0.2) is 0 Å². The van der Waals surface area contributed by atoms with Crippen molar-refractivity contribution in [3.8, 4) is 11.8 Å². The van der Waals surface area contributed by atoms with E-state index >= 15 is 0 Å². The van der Waals surface area contributed by atoms with Crippen LogP contribution in [-0.4, -0.2) is 31.3 Å². The molecule has 7 nitrogen and oxygen atoms in total. The number of benzene rings is 1. The average Bonchev–Trinajstić information content (AvgIpc) is 2.50. The first-order valence-corrected chi connectivity index (χ1v) is 7.16. The lowest BCUT2D eigenvalue weighted by atomic mass is 10.2. The molecule has 0 aliphatic carbocycles. The molecule has 1 aromatic carbocycles. The Balaban J connectivity index is 2.99. The van der Waals surface area contributed by atoms with Gasteiger partial charge in [0.1, 0.15) is 5.75 Å². The lowest BCUT2D eigenvalue weighted by Gasteiger charge is -2.11. The van der Waals surface area contributed by atoms with Crippen LogP contribution in [0.25, 0.3) is 0 Å². The van der Waals surface area contributed by atoms with E-state index in [-0.39, 0.29) is 12.5 Å². The zero-order chi connectivity index (χ0) is 17.2. The molecule has 0 aliphatic rings. The van der Waals surface area contributed by atoms with Crippen molar-refractivity contribution in [1.29, 1.82) is 5.26 Å². The number of nitrogens with zero attached hydrogens (tertiary/aromatic N) is 2. The van der Waals surface area contributed by atoms with E-state index in [1.807, 2.05) is 13.0 Å². The zero-order valence-corrected chi connectivity index (χ0v) is 13.3. The van der Waals surface area contributed by atoms with Gasteiger partial charge in [-0.3, -0.25) is 14.6 Å². The van der Waals surface area contributed by atoms with Gasteiger partial charge in [-0.15, -0.1) is 0 Å². The molecule has 7 heteroatoms. The third-order valence-corrected chi connectivity index (χ3v) is 2.63. The van der Waals surface area contributed by atoms with Gasteiger partial charge in [0, 0.05) is 13.1 Å². The van der Waals surface area contributed by atoms with Crippen molar-refractivity contribution in [1.82, 2.24) is 0 Å². The highest BCUT2D eigenvalue weighted by Crippen LogP contribution is 2.29. The summed E-state index contributed by atoms with van der Waals surface area (Å²) in [6.45, 7) is 5.53. The minimum Gasteiger partial charge on any atom is -0.492 e. The quantitative estimate of drug-likeness (QED) is 0.615. The topological polar surface area (TPSA) is 101 Å². The fourth-order valence-corrected chi connectivity index (χ4v) is 1.71. The van der Waals surface area contributed by atoms with Crippen LogP contribution >= 0.6 is 0 Å². The Labute approximate surface area is 134 Å². The van der Waals surface area contributed by atoms with E-state index in [1.54, 1.807) is 25.1 Å².